The van der Waals surface area contributed by atoms with Crippen molar-refractivity contribution in [1.82, 2.24) is 9.97 Å². The normalized spacial score (nSPS) is 10.7. The molecule has 0 spiro atoms. The van der Waals surface area contributed by atoms with Crippen molar-refractivity contribution >= 4 is 22.5 Å². The molecule has 0 unspecified atom stereocenters. The Balaban J connectivity index is 1.84. The fraction of sp³-hybridized carbons (Fsp3) is 0. The Morgan fingerprint density at radius 1 is 0.917 bits per heavy atom. The summed E-state index contributed by atoms with van der Waals surface area (Å²) in [5, 5.41) is 10.9. The van der Waals surface area contributed by atoms with Crippen molar-refractivity contribution < 1.29 is 0 Å². The number of fused-ring (bicyclic) bond motifs is 1. The number of nitrogens with one attached hydrogen (secondary N) is 1. The number of H-pyrrole nitrogens is 1. The summed E-state index contributed by atoms with van der Waals surface area (Å²) in [6.07, 6.45) is 5.62. The third-order valence-electron chi connectivity index (χ3n) is 4.04. The minimum Gasteiger partial charge on any atom is -0.361 e. The zero-order valence-corrected chi connectivity index (χ0v) is 13.4. The van der Waals surface area contributed by atoms with Gasteiger partial charge in [0.05, 0.1) is 11.6 Å². The molecule has 0 aliphatic heterocycles. The Labute approximate surface area is 144 Å². The Morgan fingerprint density at radius 3 is 2.50 bits per heavy atom. The van der Waals surface area contributed by atoms with Crippen LogP contribution in [0.4, 0.5) is 0 Å². The van der Waals surface area contributed by atoms with Crippen LogP contribution in [-0.4, -0.2) is 9.97 Å². The summed E-state index contributed by atoms with van der Waals surface area (Å²) >= 11 is 5.96. The molecule has 0 saturated carbocycles. The first-order valence-electron chi connectivity index (χ1n) is 7.47. The van der Waals surface area contributed by atoms with Gasteiger partial charge < -0.3 is 4.98 Å². The van der Waals surface area contributed by atoms with Crippen LogP contribution >= 0.6 is 11.6 Å². The van der Waals surface area contributed by atoms with Gasteiger partial charge in [-0.15, -0.1) is 0 Å². The van der Waals surface area contributed by atoms with Crippen LogP contribution in [0.25, 0.3) is 33.2 Å². The first kappa shape index (κ1) is 14.5. The van der Waals surface area contributed by atoms with Crippen LogP contribution in [0.5, 0.6) is 0 Å². The third-order valence-corrected chi connectivity index (χ3v) is 4.29. The molecular formula is C20H12ClN3. The average molecular weight is 330 g/mol. The highest BCUT2D eigenvalue weighted by Gasteiger charge is 2.09. The van der Waals surface area contributed by atoms with Crippen molar-refractivity contribution in [3.05, 3.63) is 77.7 Å². The first-order chi connectivity index (χ1) is 11.7. The molecule has 4 rings (SSSR count). The van der Waals surface area contributed by atoms with Gasteiger partial charge in [0.15, 0.2) is 0 Å². The molecule has 4 aromatic rings. The van der Waals surface area contributed by atoms with Gasteiger partial charge in [-0.2, -0.15) is 5.26 Å². The average Bonchev–Trinajstić information content (AvgIpc) is 3.05. The van der Waals surface area contributed by atoms with E-state index in [1.807, 2.05) is 61.1 Å². The summed E-state index contributed by atoms with van der Waals surface area (Å²) in [5.74, 6) is 0. The van der Waals surface area contributed by atoms with E-state index in [0.717, 1.165) is 33.2 Å². The van der Waals surface area contributed by atoms with Crippen LogP contribution in [-0.2, 0) is 0 Å². The van der Waals surface area contributed by atoms with E-state index in [1.165, 1.54) is 0 Å². The maximum atomic E-state index is 9.13. The molecule has 0 radical (unpaired) electrons. The summed E-state index contributed by atoms with van der Waals surface area (Å²) in [4.78, 5) is 7.63. The number of hydrogen-bond donors (Lipinski definition) is 1. The van der Waals surface area contributed by atoms with E-state index >= 15 is 0 Å². The van der Waals surface area contributed by atoms with Gasteiger partial charge in [0.25, 0.3) is 0 Å². The van der Waals surface area contributed by atoms with E-state index in [2.05, 4.69) is 22.1 Å². The van der Waals surface area contributed by atoms with E-state index in [4.69, 9.17) is 16.9 Å². The van der Waals surface area contributed by atoms with E-state index in [1.54, 1.807) is 0 Å². The maximum absolute atomic E-state index is 9.13. The summed E-state index contributed by atoms with van der Waals surface area (Å²) in [7, 11) is 0. The van der Waals surface area contributed by atoms with Crippen LogP contribution in [0, 0.1) is 11.3 Å². The summed E-state index contributed by atoms with van der Waals surface area (Å²) < 4.78 is 0. The van der Waals surface area contributed by atoms with Gasteiger partial charge >= 0.3 is 0 Å². The number of aromatic nitrogens is 2. The minimum absolute atomic E-state index is 0.644. The molecule has 2 heterocycles. The zero-order chi connectivity index (χ0) is 16.5. The highest BCUT2D eigenvalue weighted by atomic mass is 35.5. The lowest BCUT2D eigenvalue weighted by Gasteiger charge is -2.05. The van der Waals surface area contributed by atoms with Crippen LogP contribution in [0.2, 0.25) is 5.02 Å². The third kappa shape index (κ3) is 2.54. The number of nitriles is 1. The largest absolute Gasteiger partial charge is 0.361 e. The SMILES string of the molecule is N#Cc1ccc2[nH]cc(-c3cncc(-c4ccc(Cl)cc4)c3)c2c1. The Kier molecular flexibility index (Phi) is 3.53. The van der Waals surface area contributed by atoms with Crippen LogP contribution in [0.15, 0.2) is 67.1 Å². The van der Waals surface area contributed by atoms with E-state index in [0.29, 0.717) is 10.6 Å². The number of benzene rings is 2. The van der Waals surface area contributed by atoms with E-state index in [9.17, 15) is 0 Å². The molecule has 0 bridgehead atoms. The summed E-state index contributed by atoms with van der Waals surface area (Å²) in [6.45, 7) is 0. The number of rotatable bonds is 2. The van der Waals surface area contributed by atoms with Gasteiger partial charge in [0, 0.05) is 51.2 Å². The molecule has 0 aliphatic carbocycles. The maximum Gasteiger partial charge on any atom is 0.0991 e. The Morgan fingerprint density at radius 2 is 1.71 bits per heavy atom. The second kappa shape index (κ2) is 5.84. The molecular weight excluding hydrogens is 318 g/mol. The van der Waals surface area contributed by atoms with Gasteiger partial charge in [-0.3, -0.25) is 4.98 Å². The smallest absolute Gasteiger partial charge is 0.0991 e. The molecule has 2 aromatic heterocycles. The first-order valence-corrected chi connectivity index (χ1v) is 7.85. The molecule has 0 saturated heterocycles. The number of hydrogen-bond acceptors (Lipinski definition) is 2. The number of halogens is 1. The van der Waals surface area contributed by atoms with Gasteiger partial charge in [-0.25, -0.2) is 0 Å². The Hall–Kier alpha value is -3.09. The van der Waals surface area contributed by atoms with Crippen molar-refractivity contribution in [2.24, 2.45) is 0 Å². The standard InChI is InChI=1S/C20H12ClN3/c21-17-4-2-14(3-5-17)15-8-16(11-23-10-15)19-12-24-20-6-1-13(9-22)7-18(19)20/h1-8,10-12,24H. The molecule has 0 atom stereocenters. The predicted molar refractivity (Wildman–Crippen MR) is 96.7 cm³/mol. The monoisotopic (exact) mass is 329 g/mol. The second-order valence-electron chi connectivity index (χ2n) is 5.54. The molecule has 0 amide bonds. The number of nitrogens with zero attached hydrogens (tertiary/aromatic N) is 2. The van der Waals surface area contributed by atoms with Gasteiger partial charge in [-0.1, -0.05) is 23.7 Å². The van der Waals surface area contributed by atoms with Crippen LogP contribution in [0.3, 0.4) is 0 Å². The topological polar surface area (TPSA) is 52.5 Å². The van der Waals surface area contributed by atoms with Crippen molar-refractivity contribution in [3.8, 4) is 28.3 Å². The molecule has 1 N–H and O–H groups in total. The molecule has 114 valence electrons. The molecule has 3 nitrogen and oxygen atoms in total. The van der Waals surface area contributed by atoms with Crippen molar-refractivity contribution in [2.45, 2.75) is 0 Å². The summed E-state index contributed by atoms with van der Waals surface area (Å²) in [6, 6.07) is 17.6. The number of pyridine rings is 1. The van der Waals surface area contributed by atoms with Crippen molar-refractivity contribution in [2.75, 3.05) is 0 Å². The highest BCUT2D eigenvalue weighted by molar-refractivity contribution is 6.30. The van der Waals surface area contributed by atoms with E-state index in [-0.39, 0.29) is 0 Å². The number of aromatic amines is 1. The fourth-order valence-electron chi connectivity index (χ4n) is 2.82. The molecule has 0 aliphatic rings. The fourth-order valence-corrected chi connectivity index (χ4v) is 2.94. The zero-order valence-electron chi connectivity index (χ0n) is 12.6. The van der Waals surface area contributed by atoms with Crippen LogP contribution in [0.1, 0.15) is 5.56 Å². The lowest BCUT2D eigenvalue weighted by molar-refractivity contribution is 1.33. The quantitative estimate of drug-likeness (QED) is 0.533. The highest BCUT2D eigenvalue weighted by Crippen LogP contribution is 2.31. The molecule has 0 fully saturated rings. The lowest BCUT2D eigenvalue weighted by atomic mass is 10.0. The van der Waals surface area contributed by atoms with Gasteiger partial charge in [0.1, 0.15) is 0 Å². The molecule has 2 aromatic carbocycles. The Bertz CT molecular complexity index is 1070. The van der Waals surface area contributed by atoms with Crippen LogP contribution < -0.4 is 0 Å². The van der Waals surface area contributed by atoms with Gasteiger partial charge in [-0.05, 0) is 42.0 Å². The molecule has 4 heteroatoms. The van der Waals surface area contributed by atoms with Crippen molar-refractivity contribution in [1.29, 1.82) is 5.26 Å². The minimum atomic E-state index is 0.644. The second-order valence-corrected chi connectivity index (χ2v) is 5.98. The van der Waals surface area contributed by atoms with Crippen molar-refractivity contribution in [3.63, 3.8) is 0 Å². The molecule has 24 heavy (non-hydrogen) atoms. The lowest BCUT2D eigenvalue weighted by Crippen LogP contribution is -1.84. The summed E-state index contributed by atoms with van der Waals surface area (Å²) in [5.41, 5.74) is 5.77. The van der Waals surface area contributed by atoms with Gasteiger partial charge in [0.2, 0.25) is 0 Å². The predicted octanol–water partition coefficient (Wildman–Crippen LogP) is 5.42. The van der Waals surface area contributed by atoms with E-state index < -0.39 is 0 Å².